The van der Waals surface area contributed by atoms with Crippen LogP contribution in [0.1, 0.15) is 23.6 Å². The molecule has 0 spiro atoms. The van der Waals surface area contributed by atoms with Crippen LogP contribution >= 0.6 is 11.3 Å². The highest BCUT2D eigenvalue weighted by molar-refractivity contribution is 7.25. The Balaban J connectivity index is 1.49. The van der Waals surface area contributed by atoms with Gasteiger partial charge >= 0.3 is 0 Å². The molecule has 33 heavy (non-hydrogen) atoms. The summed E-state index contributed by atoms with van der Waals surface area (Å²) in [6, 6.07) is 42.5. The monoisotopic (exact) mass is 438 g/mol. The van der Waals surface area contributed by atoms with Crippen LogP contribution in [0.3, 0.4) is 0 Å². The Hall–Kier alpha value is -3.68. The summed E-state index contributed by atoms with van der Waals surface area (Å²) < 4.78 is 2.70. The molecule has 0 amide bonds. The minimum Gasteiger partial charge on any atom is -0.135 e. The lowest BCUT2D eigenvalue weighted by atomic mass is 9.73. The topological polar surface area (TPSA) is 0 Å². The molecule has 5 aromatic carbocycles. The molecule has 0 saturated carbocycles. The Labute approximate surface area is 197 Å². The van der Waals surface area contributed by atoms with Gasteiger partial charge in [0.25, 0.3) is 0 Å². The van der Waals surface area contributed by atoms with Crippen molar-refractivity contribution in [1.29, 1.82) is 0 Å². The standard InChI is InChI=1S/C32H22S/c1-32(27-16-5-2-12-24(27)25-13-3-6-17-28(25)32)22-11-8-10-21(20-22)23-15-9-19-30-31(23)26-14-4-7-18-29(26)33-30/h2-20H,1H3. The van der Waals surface area contributed by atoms with E-state index in [9.17, 15) is 0 Å². The lowest BCUT2D eigenvalue weighted by Gasteiger charge is -2.29. The van der Waals surface area contributed by atoms with Gasteiger partial charge in [0.05, 0.1) is 0 Å². The van der Waals surface area contributed by atoms with E-state index in [4.69, 9.17) is 0 Å². The van der Waals surface area contributed by atoms with Crippen LogP contribution < -0.4 is 0 Å². The zero-order chi connectivity index (χ0) is 22.0. The van der Waals surface area contributed by atoms with Crippen LogP contribution in [0.15, 0.2) is 115 Å². The van der Waals surface area contributed by atoms with Crippen molar-refractivity contribution in [2.24, 2.45) is 0 Å². The van der Waals surface area contributed by atoms with Gasteiger partial charge in [-0.05, 0) is 64.1 Å². The average molecular weight is 439 g/mol. The molecule has 0 atom stereocenters. The Morgan fingerprint density at radius 2 is 1.15 bits per heavy atom. The van der Waals surface area contributed by atoms with E-state index < -0.39 is 0 Å². The van der Waals surface area contributed by atoms with Gasteiger partial charge in [-0.25, -0.2) is 0 Å². The van der Waals surface area contributed by atoms with Crippen LogP contribution in [-0.4, -0.2) is 0 Å². The fourth-order valence-corrected chi connectivity index (χ4v) is 6.91. The molecule has 0 aliphatic heterocycles. The molecule has 1 aromatic heterocycles. The Morgan fingerprint density at radius 1 is 0.545 bits per heavy atom. The first-order chi connectivity index (χ1) is 16.2. The van der Waals surface area contributed by atoms with Crippen molar-refractivity contribution >= 4 is 31.5 Å². The van der Waals surface area contributed by atoms with E-state index in [2.05, 4.69) is 122 Å². The summed E-state index contributed by atoms with van der Waals surface area (Å²) in [6.07, 6.45) is 0. The quantitative estimate of drug-likeness (QED) is 0.253. The number of rotatable bonds is 2. The zero-order valence-corrected chi connectivity index (χ0v) is 19.2. The van der Waals surface area contributed by atoms with Crippen molar-refractivity contribution in [2.75, 3.05) is 0 Å². The first kappa shape index (κ1) is 18.8. The van der Waals surface area contributed by atoms with Crippen LogP contribution in [0.5, 0.6) is 0 Å². The lowest BCUT2D eigenvalue weighted by molar-refractivity contribution is 0.714. The molecular weight excluding hydrogens is 416 g/mol. The van der Waals surface area contributed by atoms with Gasteiger partial charge in [0.1, 0.15) is 0 Å². The summed E-state index contributed by atoms with van der Waals surface area (Å²) in [6.45, 7) is 2.39. The second-order valence-corrected chi connectivity index (χ2v) is 10.2. The third kappa shape index (κ3) is 2.57. The van der Waals surface area contributed by atoms with Gasteiger partial charge in [0.15, 0.2) is 0 Å². The van der Waals surface area contributed by atoms with E-state index in [1.165, 1.54) is 59.1 Å². The third-order valence-electron chi connectivity index (χ3n) is 7.38. The van der Waals surface area contributed by atoms with E-state index in [0.717, 1.165) is 0 Å². The van der Waals surface area contributed by atoms with Gasteiger partial charge < -0.3 is 0 Å². The molecular formula is C32H22S. The summed E-state index contributed by atoms with van der Waals surface area (Å²) in [5.41, 5.74) is 9.26. The van der Waals surface area contributed by atoms with Crippen LogP contribution in [0, 0.1) is 0 Å². The van der Waals surface area contributed by atoms with Crippen molar-refractivity contribution in [1.82, 2.24) is 0 Å². The van der Waals surface area contributed by atoms with E-state index >= 15 is 0 Å². The molecule has 0 radical (unpaired) electrons. The van der Waals surface area contributed by atoms with Crippen LogP contribution in [0.25, 0.3) is 42.4 Å². The molecule has 7 rings (SSSR count). The molecule has 0 saturated heterocycles. The van der Waals surface area contributed by atoms with Crippen LogP contribution in [0.2, 0.25) is 0 Å². The molecule has 6 aromatic rings. The molecule has 0 bridgehead atoms. The zero-order valence-electron chi connectivity index (χ0n) is 18.4. The van der Waals surface area contributed by atoms with E-state index in [-0.39, 0.29) is 5.41 Å². The van der Waals surface area contributed by atoms with Crippen molar-refractivity contribution in [2.45, 2.75) is 12.3 Å². The number of thiophene rings is 1. The minimum absolute atomic E-state index is 0.173. The van der Waals surface area contributed by atoms with E-state index in [1.54, 1.807) is 0 Å². The summed E-state index contributed by atoms with van der Waals surface area (Å²) in [5, 5.41) is 2.72. The Morgan fingerprint density at radius 3 is 1.94 bits per heavy atom. The molecule has 0 N–H and O–H groups in total. The van der Waals surface area contributed by atoms with Gasteiger partial charge in [0, 0.05) is 25.6 Å². The van der Waals surface area contributed by atoms with Gasteiger partial charge in [0.2, 0.25) is 0 Å². The second-order valence-electron chi connectivity index (χ2n) is 9.07. The van der Waals surface area contributed by atoms with Gasteiger partial charge in [-0.15, -0.1) is 11.3 Å². The molecule has 156 valence electrons. The predicted octanol–water partition coefficient (Wildman–Crippen LogP) is 9.06. The SMILES string of the molecule is CC1(c2cccc(-c3cccc4sc5ccccc5c34)c2)c2ccccc2-c2ccccc21. The van der Waals surface area contributed by atoms with Crippen molar-refractivity contribution in [3.05, 3.63) is 132 Å². The van der Waals surface area contributed by atoms with Gasteiger partial charge in [-0.3, -0.25) is 0 Å². The molecule has 0 unspecified atom stereocenters. The maximum atomic E-state index is 2.42. The molecule has 1 heteroatoms. The number of fused-ring (bicyclic) bond motifs is 6. The number of hydrogen-bond donors (Lipinski definition) is 0. The van der Waals surface area contributed by atoms with Gasteiger partial charge in [-0.1, -0.05) is 97.1 Å². The number of hydrogen-bond acceptors (Lipinski definition) is 1. The Bertz CT molecular complexity index is 1640. The largest absolute Gasteiger partial charge is 0.135 e. The highest BCUT2D eigenvalue weighted by atomic mass is 32.1. The smallest absolute Gasteiger partial charge is 0.0435 e. The first-order valence-corrected chi connectivity index (χ1v) is 12.3. The first-order valence-electron chi connectivity index (χ1n) is 11.5. The van der Waals surface area contributed by atoms with Gasteiger partial charge in [-0.2, -0.15) is 0 Å². The summed E-state index contributed by atoms with van der Waals surface area (Å²) in [7, 11) is 0. The predicted molar refractivity (Wildman–Crippen MR) is 142 cm³/mol. The minimum atomic E-state index is -0.173. The molecule has 1 aliphatic rings. The van der Waals surface area contributed by atoms with Crippen molar-refractivity contribution in [3.63, 3.8) is 0 Å². The third-order valence-corrected chi connectivity index (χ3v) is 8.51. The highest BCUT2D eigenvalue weighted by Crippen LogP contribution is 2.52. The van der Waals surface area contributed by atoms with Crippen LogP contribution in [-0.2, 0) is 5.41 Å². The average Bonchev–Trinajstić information content (AvgIpc) is 3.39. The molecule has 0 nitrogen and oxygen atoms in total. The fourth-order valence-electron chi connectivity index (χ4n) is 5.78. The summed E-state index contributed by atoms with van der Waals surface area (Å²) in [4.78, 5) is 0. The van der Waals surface area contributed by atoms with Crippen LogP contribution in [0.4, 0.5) is 0 Å². The maximum Gasteiger partial charge on any atom is 0.0435 e. The number of benzene rings is 5. The second kappa shape index (κ2) is 6.91. The lowest BCUT2D eigenvalue weighted by Crippen LogP contribution is -2.22. The fraction of sp³-hybridized carbons (Fsp3) is 0.0625. The maximum absolute atomic E-state index is 2.42. The van der Waals surface area contributed by atoms with Crippen molar-refractivity contribution < 1.29 is 0 Å². The highest BCUT2D eigenvalue weighted by Gasteiger charge is 2.40. The van der Waals surface area contributed by atoms with E-state index in [1.807, 2.05) is 11.3 Å². The normalized spacial score (nSPS) is 13.8. The molecule has 1 aliphatic carbocycles. The summed E-state index contributed by atoms with van der Waals surface area (Å²) >= 11 is 1.88. The van der Waals surface area contributed by atoms with E-state index in [0.29, 0.717) is 0 Å². The van der Waals surface area contributed by atoms with Crippen molar-refractivity contribution in [3.8, 4) is 22.3 Å². The summed E-state index contributed by atoms with van der Waals surface area (Å²) in [5.74, 6) is 0. The molecule has 0 fully saturated rings. The molecule has 1 heterocycles. The Kier molecular flexibility index (Phi) is 3.95.